The molecule has 4 aromatic rings. The summed E-state index contributed by atoms with van der Waals surface area (Å²) in [4.78, 5) is 19.4. The van der Waals surface area contributed by atoms with Gasteiger partial charge in [-0.2, -0.15) is 5.10 Å². The van der Waals surface area contributed by atoms with Crippen LogP contribution >= 0.6 is 11.6 Å². The van der Waals surface area contributed by atoms with E-state index in [4.69, 9.17) is 11.6 Å². The third kappa shape index (κ3) is 3.33. The Morgan fingerprint density at radius 1 is 1.16 bits per heavy atom. The molecule has 0 saturated carbocycles. The van der Waals surface area contributed by atoms with Crippen LogP contribution in [0.25, 0.3) is 11.3 Å². The van der Waals surface area contributed by atoms with Crippen LogP contribution in [0, 0.1) is 13.8 Å². The summed E-state index contributed by atoms with van der Waals surface area (Å²) in [5.41, 5.74) is 5.96. The van der Waals surface area contributed by atoms with Crippen LogP contribution in [0.3, 0.4) is 0 Å². The standard InChI is InChI=1S/C25H21ClN4O2/c1-14-5-7-17(8-6-14)24-21-22(18-11-19(26)15(2)10-20(18)31)28-29-23(21)25(32)30(24)13-16-4-3-9-27-12-16/h3-12,24,31H,13H2,1-2H3,(H,28,29). The lowest BCUT2D eigenvalue weighted by molar-refractivity contribution is 0.0730. The highest BCUT2D eigenvalue weighted by atomic mass is 35.5. The van der Waals surface area contributed by atoms with Crippen molar-refractivity contribution in [2.45, 2.75) is 26.4 Å². The van der Waals surface area contributed by atoms with E-state index in [9.17, 15) is 9.90 Å². The molecule has 0 spiro atoms. The summed E-state index contributed by atoms with van der Waals surface area (Å²) in [5, 5.41) is 18.5. The second kappa shape index (κ2) is 7.80. The number of H-pyrrole nitrogens is 1. The first-order chi connectivity index (χ1) is 15.4. The molecule has 2 aromatic heterocycles. The Labute approximate surface area is 190 Å². The van der Waals surface area contributed by atoms with E-state index in [-0.39, 0.29) is 17.7 Å². The number of phenols is 1. The molecular weight excluding hydrogens is 424 g/mol. The number of carbonyl (C=O) groups excluding carboxylic acids is 1. The number of nitrogens with one attached hydrogen (secondary N) is 1. The van der Waals surface area contributed by atoms with Gasteiger partial charge in [0.05, 0.1) is 6.04 Å². The number of aryl methyl sites for hydroxylation is 2. The van der Waals surface area contributed by atoms with Crippen LogP contribution in [0.4, 0.5) is 0 Å². The number of halogens is 1. The van der Waals surface area contributed by atoms with Crippen molar-refractivity contribution in [1.82, 2.24) is 20.1 Å². The lowest BCUT2D eigenvalue weighted by Crippen LogP contribution is -2.29. The minimum Gasteiger partial charge on any atom is -0.507 e. The normalized spacial score (nSPS) is 15.3. The summed E-state index contributed by atoms with van der Waals surface area (Å²) < 4.78 is 0. The number of carbonyl (C=O) groups is 1. The van der Waals surface area contributed by atoms with Crippen LogP contribution in [0.2, 0.25) is 5.02 Å². The maximum atomic E-state index is 13.4. The quantitative estimate of drug-likeness (QED) is 0.453. The number of hydrogen-bond acceptors (Lipinski definition) is 4. The minimum absolute atomic E-state index is 0.0713. The van der Waals surface area contributed by atoms with Crippen molar-refractivity contribution in [1.29, 1.82) is 0 Å². The van der Waals surface area contributed by atoms with Gasteiger partial charge in [-0.25, -0.2) is 0 Å². The fraction of sp³-hybridized carbons (Fsp3) is 0.160. The van der Waals surface area contributed by atoms with Crippen molar-refractivity contribution >= 4 is 17.5 Å². The largest absolute Gasteiger partial charge is 0.507 e. The van der Waals surface area contributed by atoms with Gasteiger partial charge < -0.3 is 10.0 Å². The molecule has 2 aromatic carbocycles. The summed E-state index contributed by atoms with van der Waals surface area (Å²) in [7, 11) is 0. The predicted octanol–water partition coefficient (Wildman–Crippen LogP) is 5.19. The Balaban J connectivity index is 1.68. The van der Waals surface area contributed by atoms with E-state index in [0.29, 0.717) is 28.5 Å². The number of aromatic hydroxyl groups is 1. The molecule has 1 amide bonds. The fourth-order valence-corrected chi connectivity index (χ4v) is 4.37. The van der Waals surface area contributed by atoms with Gasteiger partial charge >= 0.3 is 0 Å². The van der Waals surface area contributed by atoms with Gasteiger partial charge in [-0.3, -0.25) is 14.9 Å². The average Bonchev–Trinajstić information content (AvgIpc) is 3.32. The van der Waals surface area contributed by atoms with Gasteiger partial charge in [0, 0.05) is 35.1 Å². The second-order valence-electron chi connectivity index (χ2n) is 8.09. The SMILES string of the molecule is Cc1ccc(C2c3c(-c4cc(Cl)c(C)cc4O)n[nH]c3C(=O)N2Cc2cccnc2)cc1. The first-order valence-corrected chi connectivity index (χ1v) is 10.7. The maximum absolute atomic E-state index is 13.4. The molecule has 7 heteroatoms. The zero-order chi connectivity index (χ0) is 22.4. The number of phenolic OH excluding ortho intramolecular Hbond substituents is 1. The monoisotopic (exact) mass is 444 g/mol. The second-order valence-corrected chi connectivity index (χ2v) is 8.49. The van der Waals surface area contributed by atoms with E-state index in [1.54, 1.807) is 29.4 Å². The van der Waals surface area contributed by atoms with Crippen LogP contribution in [0.15, 0.2) is 60.9 Å². The van der Waals surface area contributed by atoms with E-state index >= 15 is 0 Å². The van der Waals surface area contributed by atoms with Gasteiger partial charge in [-0.05, 0) is 48.7 Å². The lowest BCUT2D eigenvalue weighted by atomic mass is 9.94. The van der Waals surface area contributed by atoms with Crippen molar-refractivity contribution in [2.24, 2.45) is 0 Å². The number of aromatic nitrogens is 3. The molecule has 0 radical (unpaired) electrons. The topological polar surface area (TPSA) is 82.1 Å². The van der Waals surface area contributed by atoms with Crippen molar-refractivity contribution in [2.75, 3.05) is 0 Å². The highest BCUT2D eigenvalue weighted by Crippen LogP contribution is 2.45. The number of benzene rings is 2. The van der Waals surface area contributed by atoms with Crippen molar-refractivity contribution in [3.8, 4) is 17.0 Å². The molecule has 0 fully saturated rings. The maximum Gasteiger partial charge on any atom is 0.273 e. The van der Waals surface area contributed by atoms with E-state index < -0.39 is 0 Å². The van der Waals surface area contributed by atoms with Gasteiger partial charge in [-0.15, -0.1) is 0 Å². The molecule has 1 aliphatic heterocycles. The van der Waals surface area contributed by atoms with Gasteiger partial charge in [0.15, 0.2) is 0 Å². The van der Waals surface area contributed by atoms with Gasteiger partial charge in [-0.1, -0.05) is 47.5 Å². The van der Waals surface area contributed by atoms with Gasteiger partial charge in [0.25, 0.3) is 5.91 Å². The van der Waals surface area contributed by atoms with E-state index in [1.807, 2.05) is 50.2 Å². The molecular formula is C25H21ClN4O2. The summed E-state index contributed by atoms with van der Waals surface area (Å²) in [6.07, 6.45) is 3.47. The molecule has 1 unspecified atom stereocenters. The molecule has 0 saturated heterocycles. The smallest absolute Gasteiger partial charge is 0.273 e. The number of hydrogen-bond donors (Lipinski definition) is 2. The molecule has 0 aliphatic carbocycles. The Morgan fingerprint density at radius 3 is 2.66 bits per heavy atom. The number of pyridine rings is 1. The van der Waals surface area contributed by atoms with Crippen LogP contribution < -0.4 is 0 Å². The first-order valence-electron chi connectivity index (χ1n) is 10.3. The van der Waals surface area contributed by atoms with Crippen LogP contribution in [-0.2, 0) is 6.54 Å². The third-order valence-electron chi connectivity index (χ3n) is 5.86. The average molecular weight is 445 g/mol. The summed E-state index contributed by atoms with van der Waals surface area (Å²) >= 11 is 6.36. The summed E-state index contributed by atoms with van der Waals surface area (Å²) in [6, 6.07) is 14.9. The van der Waals surface area contributed by atoms with Crippen LogP contribution in [0.1, 0.15) is 44.3 Å². The van der Waals surface area contributed by atoms with Crippen molar-refractivity contribution in [3.63, 3.8) is 0 Å². The molecule has 1 atom stereocenters. The zero-order valence-corrected chi connectivity index (χ0v) is 18.4. The first kappa shape index (κ1) is 20.3. The van der Waals surface area contributed by atoms with Crippen molar-refractivity contribution < 1.29 is 9.90 Å². The Bertz CT molecular complexity index is 1320. The minimum atomic E-state index is -0.369. The summed E-state index contributed by atoms with van der Waals surface area (Å²) in [5.74, 6) is -0.0760. The number of fused-ring (bicyclic) bond motifs is 1. The molecule has 3 heterocycles. The Hall–Kier alpha value is -3.64. The fourth-order valence-electron chi connectivity index (χ4n) is 4.20. The van der Waals surface area contributed by atoms with Gasteiger partial charge in [0.1, 0.15) is 17.1 Å². The Morgan fingerprint density at radius 2 is 1.94 bits per heavy atom. The number of aromatic amines is 1. The van der Waals surface area contributed by atoms with E-state index in [1.165, 1.54) is 0 Å². The van der Waals surface area contributed by atoms with Crippen molar-refractivity contribution in [3.05, 3.63) is 99.5 Å². The highest BCUT2D eigenvalue weighted by molar-refractivity contribution is 6.31. The molecule has 1 aliphatic rings. The molecule has 5 rings (SSSR count). The zero-order valence-electron chi connectivity index (χ0n) is 17.6. The highest BCUT2D eigenvalue weighted by Gasteiger charge is 2.42. The Kier molecular flexibility index (Phi) is 4.94. The predicted molar refractivity (Wildman–Crippen MR) is 123 cm³/mol. The number of nitrogens with zero attached hydrogens (tertiary/aromatic N) is 3. The van der Waals surface area contributed by atoms with E-state index in [0.717, 1.165) is 27.8 Å². The third-order valence-corrected chi connectivity index (χ3v) is 6.27. The number of rotatable bonds is 4. The molecule has 6 nitrogen and oxygen atoms in total. The molecule has 2 N–H and O–H groups in total. The van der Waals surface area contributed by atoms with Gasteiger partial charge in [0.2, 0.25) is 0 Å². The lowest BCUT2D eigenvalue weighted by Gasteiger charge is -2.26. The van der Waals surface area contributed by atoms with E-state index in [2.05, 4.69) is 15.2 Å². The van der Waals surface area contributed by atoms with Crippen LogP contribution in [0.5, 0.6) is 5.75 Å². The molecule has 160 valence electrons. The van der Waals surface area contributed by atoms with Crippen LogP contribution in [-0.4, -0.2) is 31.1 Å². The summed E-state index contributed by atoms with van der Waals surface area (Å²) in [6.45, 7) is 4.25. The molecule has 32 heavy (non-hydrogen) atoms. The molecule has 0 bridgehead atoms. The number of amides is 1.